The molecule has 1 aliphatic rings. The molecule has 7 nitrogen and oxygen atoms in total. The molecule has 1 saturated heterocycles. The first kappa shape index (κ1) is 18.8. The molecular weight excluding hydrogens is 324 g/mol. The molecule has 0 radical (unpaired) electrons. The molecule has 2 rings (SSSR count). The number of piperidine rings is 1. The minimum Gasteiger partial charge on any atom is -0.478 e. The molecule has 0 saturated carbocycles. The van der Waals surface area contributed by atoms with Crippen LogP contribution in [-0.4, -0.2) is 52.7 Å². The number of likely N-dealkylation sites (tertiary alicyclic amines) is 1. The first-order chi connectivity index (χ1) is 11.7. The number of nitrogens with zero attached hydrogens (tertiary/aromatic N) is 1. The van der Waals surface area contributed by atoms with E-state index in [-0.39, 0.29) is 17.5 Å². The fraction of sp³-hybridized carbons (Fsp3) is 0.500. The van der Waals surface area contributed by atoms with Crippen LogP contribution in [0.25, 0.3) is 0 Å². The number of amides is 2. The van der Waals surface area contributed by atoms with Crippen LogP contribution in [0.1, 0.15) is 54.3 Å². The van der Waals surface area contributed by atoms with Crippen LogP contribution in [0.5, 0.6) is 0 Å². The number of hydrogen-bond acceptors (Lipinski definition) is 4. The quantitative estimate of drug-likeness (QED) is 0.875. The molecule has 136 valence electrons. The normalized spacial score (nSPS) is 15.6. The van der Waals surface area contributed by atoms with Crippen LogP contribution in [0, 0.1) is 0 Å². The minimum atomic E-state index is -1.06. The Morgan fingerprint density at radius 3 is 2.32 bits per heavy atom. The summed E-state index contributed by atoms with van der Waals surface area (Å²) >= 11 is 0. The van der Waals surface area contributed by atoms with Crippen molar-refractivity contribution in [3.8, 4) is 0 Å². The summed E-state index contributed by atoms with van der Waals surface area (Å²) in [7, 11) is 0. The number of carbonyl (C=O) groups excluding carboxylic acids is 2. The van der Waals surface area contributed by atoms with Crippen LogP contribution < -0.4 is 5.32 Å². The Balaban J connectivity index is 1.89. The Hall–Kier alpha value is -2.57. The van der Waals surface area contributed by atoms with E-state index in [1.54, 1.807) is 37.8 Å². The van der Waals surface area contributed by atoms with E-state index >= 15 is 0 Å². The van der Waals surface area contributed by atoms with Crippen LogP contribution in [0.15, 0.2) is 24.3 Å². The molecule has 7 heteroatoms. The summed E-state index contributed by atoms with van der Waals surface area (Å²) in [6.07, 6.45) is 0.805. The van der Waals surface area contributed by atoms with E-state index in [0.717, 1.165) is 0 Å². The van der Waals surface area contributed by atoms with Crippen molar-refractivity contribution < 1.29 is 24.2 Å². The molecular formula is C18H24N2O5. The van der Waals surface area contributed by atoms with Crippen molar-refractivity contribution in [2.45, 2.75) is 45.3 Å². The van der Waals surface area contributed by atoms with Gasteiger partial charge >= 0.3 is 12.1 Å². The van der Waals surface area contributed by atoms with Crippen molar-refractivity contribution in [3.63, 3.8) is 0 Å². The lowest BCUT2D eigenvalue weighted by molar-refractivity contribution is 0.0473. The number of carboxylic acid groups (broad SMARTS) is 1. The Morgan fingerprint density at radius 1 is 1.16 bits per heavy atom. The van der Waals surface area contributed by atoms with Gasteiger partial charge in [0.15, 0.2) is 0 Å². The largest absolute Gasteiger partial charge is 0.478 e. The summed E-state index contributed by atoms with van der Waals surface area (Å²) in [5, 5.41) is 11.8. The second kappa shape index (κ2) is 7.55. The highest BCUT2D eigenvalue weighted by Gasteiger charge is 2.26. The van der Waals surface area contributed by atoms with Gasteiger partial charge in [-0.3, -0.25) is 4.79 Å². The zero-order chi connectivity index (χ0) is 18.6. The smallest absolute Gasteiger partial charge is 0.407 e. The molecule has 2 N–H and O–H groups in total. The minimum absolute atomic E-state index is 0.0377. The summed E-state index contributed by atoms with van der Waals surface area (Å²) in [5.74, 6) is -1.26. The summed E-state index contributed by atoms with van der Waals surface area (Å²) in [6, 6.07) is 5.98. The molecule has 2 amide bonds. The van der Waals surface area contributed by atoms with Gasteiger partial charge in [0, 0.05) is 24.7 Å². The van der Waals surface area contributed by atoms with Gasteiger partial charge in [0.2, 0.25) is 0 Å². The molecule has 0 aliphatic carbocycles. The van der Waals surface area contributed by atoms with E-state index < -0.39 is 17.7 Å². The van der Waals surface area contributed by atoms with E-state index in [9.17, 15) is 14.4 Å². The number of benzene rings is 1. The van der Waals surface area contributed by atoms with Gasteiger partial charge in [-0.05, 0) is 51.8 Å². The van der Waals surface area contributed by atoms with Crippen molar-refractivity contribution in [1.29, 1.82) is 0 Å². The Labute approximate surface area is 147 Å². The molecule has 1 heterocycles. The summed E-state index contributed by atoms with van der Waals surface area (Å²) < 4.78 is 5.23. The number of hydrogen-bond donors (Lipinski definition) is 2. The third-order valence-corrected chi connectivity index (χ3v) is 3.86. The van der Waals surface area contributed by atoms with Gasteiger partial charge in [-0.2, -0.15) is 0 Å². The lowest BCUT2D eigenvalue weighted by Crippen LogP contribution is -2.47. The first-order valence-electron chi connectivity index (χ1n) is 8.28. The highest BCUT2D eigenvalue weighted by Crippen LogP contribution is 2.16. The second-order valence-corrected chi connectivity index (χ2v) is 7.10. The zero-order valence-electron chi connectivity index (χ0n) is 14.7. The van der Waals surface area contributed by atoms with Crippen LogP contribution in [0.2, 0.25) is 0 Å². The molecule has 1 aliphatic heterocycles. The topological polar surface area (TPSA) is 95.9 Å². The Bertz CT molecular complexity index is 658. The maximum Gasteiger partial charge on any atom is 0.407 e. The molecule has 1 aromatic carbocycles. The van der Waals surface area contributed by atoms with Gasteiger partial charge in [0.1, 0.15) is 5.60 Å². The van der Waals surface area contributed by atoms with Crippen LogP contribution in [0.3, 0.4) is 0 Å². The number of alkyl carbamates (subject to hydrolysis) is 1. The van der Waals surface area contributed by atoms with E-state index in [1.165, 1.54) is 12.1 Å². The van der Waals surface area contributed by atoms with Crippen molar-refractivity contribution >= 4 is 18.0 Å². The van der Waals surface area contributed by atoms with Crippen molar-refractivity contribution in [3.05, 3.63) is 35.4 Å². The molecule has 0 aromatic heterocycles. The Morgan fingerprint density at radius 2 is 1.76 bits per heavy atom. The van der Waals surface area contributed by atoms with Gasteiger partial charge in [-0.25, -0.2) is 9.59 Å². The zero-order valence-corrected chi connectivity index (χ0v) is 14.7. The van der Waals surface area contributed by atoms with Gasteiger partial charge in [-0.1, -0.05) is 6.07 Å². The summed E-state index contributed by atoms with van der Waals surface area (Å²) in [4.78, 5) is 37.0. The highest BCUT2D eigenvalue weighted by molar-refractivity contribution is 5.97. The van der Waals surface area contributed by atoms with Gasteiger partial charge in [0.25, 0.3) is 5.91 Å². The summed E-state index contributed by atoms with van der Waals surface area (Å²) in [5.41, 5.74) is -0.0959. The van der Waals surface area contributed by atoms with Crippen molar-refractivity contribution in [2.75, 3.05) is 13.1 Å². The van der Waals surface area contributed by atoms with E-state index in [2.05, 4.69) is 5.32 Å². The fourth-order valence-electron chi connectivity index (χ4n) is 2.67. The number of nitrogens with one attached hydrogen (secondary N) is 1. The van der Waals surface area contributed by atoms with Crippen LogP contribution >= 0.6 is 0 Å². The lowest BCUT2D eigenvalue weighted by atomic mass is 10.0. The summed E-state index contributed by atoms with van der Waals surface area (Å²) in [6.45, 7) is 6.41. The van der Waals surface area contributed by atoms with Gasteiger partial charge in [0.05, 0.1) is 5.56 Å². The van der Waals surface area contributed by atoms with E-state index in [4.69, 9.17) is 9.84 Å². The molecule has 1 aromatic rings. The number of rotatable bonds is 3. The SMILES string of the molecule is CC(C)(C)OC(=O)NC1CCN(C(=O)c2cccc(C(=O)O)c2)CC1. The Kier molecular flexibility index (Phi) is 5.66. The molecule has 1 fully saturated rings. The number of carboxylic acids is 1. The molecule has 0 unspecified atom stereocenters. The maximum atomic E-state index is 12.5. The van der Waals surface area contributed by atoms with E-state index in [1.807, 2.05) is 0 Å². The fourth-order valence-corrected chi connectivity index (χ4v) is 2.67. The monoisotopic (exact) mass is 348 g/mol. The number of carbonyl (C=O) groups is 3. The third kappa shape index (κ3) is 5.48. The first-order valence-corrected chi connectivity index (χ1v) is 8.28. The molecule has 0 atom stereocenters. The lowest BCUT2D eigenvalue weighted by Gasteiger charge is -2.33. The predicted molar refractivity (Wildman–Crippen MR) is 91.7 cm³/mol. The molecule has 0 bridgehead atoms. The molecule has 25 heavy (non-hydrogen) atoms. The standard InChI is InChI=1S/C18H24N2O5/c1-18(2,3)25-17(24)19-14-7-9-20(10-8-14)15(21)12-5-4-6-13(11-12)16(22)23/h4-6,11,14H,7-10H2,1-3H3,(H,19,24)(H,22,23). The van der Waals surface area contributed by atoms with Gasteiger partial charge in [-0.15, -0.1) is 0 Å². The van der Waals surface area contributed by atoms with Crippen molar-refractivity contribution in [2.24, 2.45) is 0 Å². The van der Waals surface area contributed by atoms with Crippen LogP contribution in [0.4, 0.5) is 4.79 Å². The number of ether oxygens (including phenoxy) is 1. The third-order valence-electron chi connectivity index (χ3n) is 3.86. The molecule has 0 spiro atoms. The van der Waals surface area contributed by atoms with Crippen molar-refractivity contribution in [1.82, 2.24) is 10.2 Å². The average Bonchev–Trinajstić information content (AvgIpc) is 2.53. The number of aromatic carboxylic acids is 1. The van der Waals surface area contributed by atoms with Crippen LogP contribution in [-0.2, 0) is 4.74 Å². The average molecular weight is 348 g/mol. The second-order valence-electron chi connectivity index (χ2n) is 7.10. The van der Waals surface area contributed by atoms with E-state index in [0.29, 0.717) is 31.5 Å². The maximum absolute atomic E-state index is 12.5. The van der Waals surface area contributed by atoms with Gasteiger partial charge < -0.3 is 20.1 Å². The highest BCUT2D eigenvalue weighted by atomic mass is 16.6. The predicted octanol–water partition coefficient (Wildman–Crippen LogP) is 2.51.